The van der Waals surface area contributed by atoms with Gasteiger partial charge in [-0.05, 0) is 70.1 Å². The van der Waals surface area contributed by atoms with Crippen LogP contribution in [-0.4, -0.2) is 17.2 Å². The largest absolute Gasteiger partial charge is 0.306 e. The summed E-state index contributed by atoms with van der Waals surface area (Å²) in [7, 11) is 0. The number of nitrogens with zero attached hydrogens (tertiary/aromatic N) is 2. The number of carbonyl (C=O) groups excluding carboxylic acids is 2. The third-order valence-corrected chi connectivity index (χ3v) is 6.36. The number of amides is 1. The maximum Gasteiger partial charge on any atom is 0.230 e. The molecule has 0 aliphatic heterocycles. The van der Waals surface area contributed by atoms with Crippen LogP contribution in [0.2, 0.25) is 0 Å². The number of aromatic nitrogens is 1. The Bertz CT molecular complexity index is 939. The monoisotopic (exact) mass is 422 g/mol. The first-order valence-electron chi connectivity index (χ1n) is 10.6. The molecular weight excluding hydrogens is 392 g/mol. The molecule has 0 aromatic carbocycles. The van der Waals surface area contributed by atoms with Crippen molar-refractivity contribution in [2.45, 2.75) is 59.9 Å². The fourth-order valence-corrected chi connectivity index (χ4v) is 4.52. The summed E-state index contributed by atoms with van der Waals surface area (Å²) in [6, 6.07) is 5.73. The molecule has 2 aromatic rings. The highest BCUT2D eigenvalue weighted by Gasteiger charge is 2.31. The van der Waals surface area contributed by atoms with Gasteiger partial charge in [-0.3, -0.25) is 14.6 Å². The normalized spacial score (nSPS) is 18.9. The van der Waals surface area contributed by atoms with Crippen molar-refractivity contribution in [2.75, 3.05) is 4.90 Å². The van der Waals surface area contributed by atoms with E-state index in [0.717, 1.165) is 42.4 Å². The average molecular weight is 423 g/mol. The van der Waals surface area contributed by atoms with E-state index in [9.17, 15) is 9.59 Å². The van der Waals surface area contributed by atoms with Crippen molar-refractivity contribution >= 4 is 29.2 Å². The van der Waals surface area contributed by atoms with Crippen LogP contribution in [0.15, 0.2) is 30.6 Å². The minimum absolute atomic E-state index is 0.00128. The lowest BCUT2D eigenvalue weighted by atomic mass is 9.82. The number of anilines is 1. The predicted molar refractivity (Wildman–Crippen MR) is 123 cm³/mol. The third kappa shape index (κ3) is 5.79. The van der Waals surface area contributed by atoms with Crippen LogP contribution in [-0.2, 0) is 11.3 Å². The lowest BCUT2D eigenvalue weighted by Crippen LogP contribution is -2.37. The molecule has 1 aliphatic carbocycles. The van der Waals surface area contributed by atoms with Gasteiger partial charge in [0.15, 0.2) is 6.29 Å². The van der Waals surface area contributed by atoms with Gasteiger partial charge in [-0.1, -0.05) is 24.8 Å². The first-order valence-corrected chi connectivity index (χ1v) is 11.4. The van der Waals surface area contributed by atoms with E-state index in [1.807, 2.05) is 18.2 Å². The van der Waals surface area contributed by atoms with Crippen LogP contribution < -0.4 is 4.90 Å². The molecule has 0 atom stereocenters. The number of aldehydes is 1. The molecule has 30 heavy (non-hydrogen) atoms. The number of thiophene rings is 1. The van der Waals surface area contributed by atoms with E-state index >= 15 is 0 Å². The standard InChI is InChI=1S/C25H30N2O2S/c1-18-7-9-20(10-8-18)24(29)27(16-19-6-5-13-26-15-19)22-14-21(30-23(22)17-28)11-12-25(2,3)4/h5-6,13-15,17-18,20H,7-10,16H2,1-4H3/t18-,20-. The Balaban J connectivity index is 1.96. The van der Waals surface area contributed by atoms with Crippen molar-refractivity contribution in [3.8, 4) is 11.8 Å². The van der Waals surface area contributed by atoms with Crippen LogP contribution in [0.4, 0.5) is 5.69 Å². The topological polar surface area (TPSA) is 50.3 Å². The molecule has 0 saturated heterocycles. The fraction of sp³-hybridized carbons (Fsp3) is 0.480. The Labute approximate surface area is 183 Å². The number of pyridine rings is 1. The summed E-state index contributed by atoms with van der Waals surface area (Å²) < 4.78 is 0. The molecule has 0 spiro atoms. The number of hydrogen-bond donors (Lipinski definition) is 0. The Kier molecular flexibility index (Phi) is 7.10. The maximum atomic E-state index is 13.6. The quantitative estimate of drug-likeness (QED) is 0.458. The van der Waals surface area contributed by atoms with Gasteiger partial charge in [0, 0.05) is 23.7 Å². The van der Waals surface area contributed by atoms with Crippen molar-refractivity contribution in [2.24, 2.45) is 17.3 Å². The molecule has 4 nitrogen and oxygen atoms in total. The summed E-state index contributed by atoms with van der Waals surface area (Å²) in [5, 5.41) is 0. The van der Waals surface area contributed by atoms with E-state index in [1.54, 1.807) is 17.3 Å². The second-order valence-electron chi connectivity index (χ2n) is 9.22. The molecular formula is C25H30N2O2S. The van der Waals surface area contributed by atoms with Gasteiger partial charge in [0.1, 0.15) is 0 Å². The molecule has 2 heterocycles. The number of hydrogen-bond acceptors (Lipinski definition) is 4. The Hall–Kier alpha value is -2.45. The van der Waals surface area contributed by atoms with Crippen LogP contribution in [0.1, 0.15) is 73.5 Å². The lowest BCUT2D eigenvalue weighted by molar-refractivity contribution is -0.123. The van der Waals surface area contributed by atoms with E-state index in [1.165, 1.54) is 11.3 Å². The molecule has 0 unspecified atom stereocenters. The van der Waals surface area contributed by atoms with E-state index < -0.39 is 0 Å². The smallest absolute Gasteiger partial charge is 0.230 e. The van der Waals surface area contributed by atoms with Crippen molar-refractivity contribution in [3.63, 3.8) is 0 Å². The predicted octanol–water partition coefficient (Wildman–Crippen LogP) is 5.71. The molecule has 1 saturated carbocycles. The van der Waals surface area contributed by atoms with Gasteiger partial charge in [-0.15, -0.1) is 11.3 Å². The minimum atomic E-state index is -0.129. The van der Waals surface area contributed by atoms with E-state index in [2.05, 4.69) is 44.5 Å². The molecule has 1 aliphatic rings. The third-order valence-electron chi connectivity index (χ3n) is 5.39. The van der Waals surface area contributed by atoms with E-state index in [4.69, 9.17) is 0 Å². The van der Waals surface area contributed by atoms with Crippen molar-refractivity contribution < 1.29 is 9.59 Å². The molecule has 1 amide bonds. The van der Waals surface area contributed by atoms with Crippen molar-refractivity contribution in [1.82, 2.24) is 4.98 Å². The van der Waals surface area contributed by atoms with Crippen LogP contribution in [0, 0.1) is 29.1 Å². The fourth-order valence-electron chi connectivity index (χ4n) is 3.69. The molecule has 5 heteroatoms. The second kappa shape index (κ2) is 9.57. The zero-order valence-electron chi connectivity index (χ0n) is 18.3. The van der Waals surface area contributed by atoms with Crippen molar-refractivity contribution in [3.05, 3.63) is 45.9 Å². The van der Waals surface area contributed by atoms with Gasteiger partial charge < -0.3 is 4.90 Å². The summed E-state index contributed by atoms with van der Waals surface area (Å²) in [4.78, 5) is 32.7. The molecule has 0 N–H and O–H groups in total. The SMILES string of the molecule is CC(C)(C)C#Cc1cc(N(Cc2cccnc2)C(=O)[C@H]2CC[C@H](C)CC2)c(C=O)s1. The molecule has 1 fully saturated rings. The number of carbonyl (C=O) groups is 2. The minimum Gasteiger partial charge on any atom is -0.306 e. The summed E-state index contributed by atoms with van der Waals surface area (Å²) in [5.41, 5.74) is 1.48. The Morgan fingerprint density at radius 2 is 2.03 bits per heavy atom. The molecule has 2 aromatic heterocycles. The first kappa shape index (κ1) is 22.2. The Morgan fingerprint density at radius 1 is 1.30 bits per heavy atom. The summed E-state index contributed by atoms with van der Waals surface area (Å²) in [6.45, 7) is 8.81. The molecule has 0 bridgehead atoms. The second-order valence-corrected chi connectivity index (χ2v) is 10.3. The van der Waals surface area contributed by atoms with Crippen LogP contribution in [0.5, 0.6) is 0 Å². The van der Waals surface area contributed by atoms with Gasteiger partial charge in [-0.2, -0.15) is 0 Å². The first-order chi connectivity index (χ1) is 14.3. The highest BCUT2D eigenvalue weighted by Crippen LogP contribution is 2.35. The van der Waals surface area contributed by atoms with Gasteiger partial charge in [0.2, 0.25) is 5.91 Å². The van der Waals surface area contributed by atoms with E-state index in [-0.39, 0.29) is 17.2 Å². The maximum absolute atomic E-state index is 13.6. The average Bonchev–Trinajstić information content (AvgIpc) is 3.14. The summed E-state index contributed by atoms with van der Waals surface area (Å²) in [5.74, 6) is 7.18. The lowest BCUT2D eigenvalue weighted by Gasteiger charge is -2.31. The zero-order chi connectivity index (χ0) is 21.7. The number of rotatable bonds is 5. The van der Waals surface area contributed by atoms with Gasteiger partial charge >= 0.3 is 0 Å². The van der Waals surface area contributed by atoms with Crippen LogP contribution in [0.3, 0.4) is 0 Å². The molecule has 3 rings (SSSR count). The summed E-state index contributed by atoms with van der Waals surface area (Å²) in [6.07, 6.45) is 8.29. The molecule has 158 valence electrons. The zero-order valence-corrected chi connectivity index (χ0v) is 19.1. The van der Waals surface area contributed by atoms with Gasteiger partial charge in [0.25, 0.3) is 0 Å². The van der Waals surface area contributed by atoms with Gasteiger partial charge in [-0.25, -0.2) is 0 Å². The van der Waals surface area contributed by atoms with Crippen molar-refractivity contribution in [1.29, 1.82) is 0 Å². The highest BCUT2D eigenvalue weighted by atomic mass is 32.1. The highest BCUT2D eigenvalue weighted by molar-refractivity contribution is 7.14. The van der Waals surface area contributed by atoms with Crippen LogP contribution in [0.25, 0.3) is 0 Å². The van der Waals surface area contributed by atoms with Gasteiger partial charge in [0.05, 0.1) is 22.0 Å². The van der Waals surface area contributed by atoms with E-state index in [0.29, 0.717) is 23.0 Å². The van der Waals surface area contributed by atoms with Crippen LogP contribution >= 0.6 is 11.3 Å². The Morgan fingerprint density at radius 3 is 2.63 bits per heavy atom. The molecule has 0 radical (unpaired) electrons. The summed E-state index contributed by atoms with van der Waals surface area (Å²) >= 11 is 1.35.